The molecule has 3 rings (SSSR count). The molecule has 5 nitrogen and oxygen atoms in total. The molecule has 0 radical (unpaired) electrons. The average Bonchev–Trinajstić information content (AvgIpc) is 2.65. The number of amides is 1. The van der Waals surface area contributed by atoms with Crippen LogP contribution in [-0.4, -0.2) is 30.8 Å². The van der Waals surface area contributed by atoms with Crippen LogP contribution in [0.2, 0.25) is 0 Å². The van der Waals surface area contributed by atoms with Gasteiger partial charge < -0.3 is 20.5 Å². The third-order valence-electron chi connectivity index (χ3n) is 5.68. The number of ether oxygens (including phenoxy) is 2. The smallest absolute Gasteiger partial charge is 0.225 e. The number of carbonyl (C=O) groups is 1. The zero-order valence-electron chi connectivity index (χ0n) is 15.8. The third-order valence-corrected chi connectivity index (χ3v) is 5.68. The van der Waals surface area contributed by atoms with Crippen molar-refractivity contribution in [2.24, 2.45) is 11.7 Å². The second-order valence-corrected chi connectivity index (χ2v) is 7.96. The summed E-state index contributed by atoms with van der Waals surface area (Å²) in [5, 5.41) is 3.08. The molecule has 1 saturated carbocycles. The molecular formula is C21H32N2O3. The predicted octanol–water partition coefficient (Wildman–Crippen LogP) is 2.91. The molecule has 2 aliphatic rings. The molecule has 0 bridgehead atoms. The topological polar surface area (TPSA) is 73.6 Å². The minimum Gasteiger partial charge on any atom is -0.381 e. The number of nitrogens with two attached hydrogens (primary N) is 1. The molecule has 2 unspecified atom stereocenters. The molecule has 1 aliphatic heterocycles. The molecule has 1 aliphatic carbocycles. The van der Waals surface area contributed by atoms with Gasteiger partial charge in [0.25, 0.3) is 0 Å². The average molecular weight is 360 g/mol. The van der Waals surface area contributed by atoms with Gasteiger partial charge in [-0.25, -0.2) is 0 Å². The van der Waals surface area contributed by atoms with E-state index in [4.69, 9.17) is 15.2 Å². The van der Waals surface area contributed by atoms with E-state index in [2.05, 4.69) is 17.4 Å². The number of carbonyl (C=O) groups excluding carboxylic acids is 1. The lowest BCUT2D eigenvalue weighted by molar-refractivity contribution is -0.128. The van der Waals surface area contributed by atoms with Crippen molar-refractivity contribution in [3.8, 4) is 0 Å². The van der Waals surface area contributed by atoms with Crippen molar-refractivity contribution in [3.05, 3.63) is 35.4 Å². The zero-order valence-corrected chi connectivity index (χ0v) is 15.8. The van der Waals surface area contributed by atoms with Crippen LogP contribution in [0, 0.1) is 5.92 Å². The molecule has 1 aromatic rings. The molecule has 3 N–H and O–H groups in total. The maximum atomic E-state index is 12.6. The Hall–Kier alpha value is -1.43. The van der Waals surface area contributed by atoms with Gasteiger partial charge in [-0.05, 0) is 43.7 Å². The van der Waals surface area contributed by atoms with Gasteiger partial charge in [0, 0.05) is 25.3 Å². The van der Waals surface area contributed by atoms with Crippen molar-refractivity contribution in [2.75, 3.05) is 13.2 Å². The highest BCUT2D eigenvalue weighted by Crippen LogP contribution is 2.31. The van der Waals surface area contributed by atoms with Gasteiger partial charge in [0.1, 0.15) is 0 Å². The Balaban J connectivity index is 1.49. The quantitative estimate of drug-likeness (QED) is 0.818. The van der Waals surface area contributed by atoms with Gasteiger partial charge >= 0.3 is 0 Å². The van der Waals surface area contributed by atoms with Gasteiger partial charge in [-0.2, -0.15) is 0 Å². The molecule has 0 aromatic heterocycles. The van der Waals surface area contributed by atoms with Crippen molar-refractivity contribution >= 4 is 5.91 Å². The SMILES string of the molecule is CC1(N)CCCCC1C(=O)NCc1cccc(COC2CCOCC2)c1. The van der Waals surface area contributed by atoms with Gasteiger partial charge in [-0.1, -0.05) is 37.1 Å². The van der Waals surface area contributed by atoms with E-state index in [9.17, 15) is 4.79 Å². The summed E-state index contributed by atoms with van der Waals surface area (Å²) in [4.78, 5) is 12.6. The summed E-state index contributed by atoms with van der Waals surface area (Å²) in [6.45, 7) is 4.73. The summed E-state index contributed by atoms with van der Waals surface area (Å²) >= 11 is 0. The maximum Gasteiger partial charge on any atom is 0.225 e. The molecule has 26 heavy (non-hydrogen) atoms. The lowest BCUT2D eigenvalue weighted by Gasteiger charge is -2.37. The first-order chi connectivity index (χ1) is 12.5. The number of hydrogen-bond donors (Lipinski definition) is 2. The number of rotatable bonds is 6. The van der Waals surface area contributed by atoms with E-state index < -0.39 is 0 Å². The molecule has 5 heteroatoms. The zero-order chi connectivity index (χ0) is 18.4. The molecule has 1 amide bonds. The Morgan fingerprint density at radius 2 is 2.04 bits per heavy atom. The van der Waals surface area contributed by atoms with E-state index in [0.29, 0.717) is 19.3 Å². The van der Waals surface area contributed by atoms with Crippen LogP contribution in [0.15, 0.2) is 24.3 Å². The van der Waals surface area contributed by atoms with Crippen LogP contribution < -0.4 is 11.1 Å². The molecule has 2 fully saturated rings. The van der Waals surface area contributed by atoms with Crippen molar-refractivity contribution in [3.63, 3.8) is 0 Å². The molecule has 144 valence electrons. The number of nitrogens with one attached hydrogen (secondary N) is 1. The summed E-state index contributed by atoms with van der Waals surface area (Å²) in [7, 11) is 0. The van der Waals surface area contributed by atoms with Gasteiger partial charge in [0.15, 0.2) is 0 Å². The van der Waals surface area contributed by atoms with E-state index in [0.717, 1.165) is 62.9 Å². The van der Waals surface area contributed by atoms with Crippen molar-refractivity contribution in [2.45, 2.75) is 70.2 Å². The standard InChI is InChI=1S/C21H32N2O3/c1-21(22)10-3-2-7-19(21)20(24)23-14-16-5-4-6-17(13-16)15-26-18-8-11-25-12-9-18/h4-6,13,18-19H,2-3,7-12,14-15,22H2,1H3,(H,23,24). The highest BCUT2D eigenvalue weighted by atomic mass is 16.5. The number of hydrogen-bond acceptors (Lipinski definition) is 4. The Kier molecular flexibility index (Phi) is 6.68. The predicted molar refractivity (Wildman–Crippen MR) is 101 cm³/mol. The molecule has 1 saturated heterocycles. The van der Waals surface area contributed by atoms with Gasteiger partial charge in [-0.3, -0.25) is 4.79 Å². The second kappa shape index (κ2) is 8.98. The fourth-order valence-corrected chi connectivity index (χ4v) is 3.99. The van der Waals surface area contributed by atoms with Crippen LogP contribution in [0.1, 0.15) is 56.6 Å². The lowest BCUT2D eigenvalue weighted by Crippen LogP contribution is -2.52. The normalized spacial score (nSPS) is 27.2. The Morgan fingerprint density at radius 3 is 2.81 bits per heavy atom. The number of benzene rings is 1. The van der Waals surface area contributed by atoms with Gasteiger partial charge in [0.2, 0.25) is 5.91 Å². The largest absolute Gasteiger partial charge is 0.381 e. The van der Waals surface area contributed by atoms with Crippen molar-refractivity contribution < 1.29 is 14.3 Å². The minimum absolute atomic E-state index is 0.0820. The summed E-state index contributed by atoms with van der Waals surface area (Å²) in [6.07, 6.45) is 6.24. The molecule has 2 atom stereocenters. The summed E-state index contributed by atoms with van der Waals surface area (Å²) in [5.41, 5.74) is 8.19. The van der Waals surface area contributed by atoms with E-state index in [1.807, 2.05) is 19.1 Å². The molecule has 1 heterocycles. The van der Waals surface area contributed by atoms with E-state index in [1.54, 1.807) is 0 Å². The van der Waals surface area contributed by atoms with Gasteiger partial charge in [-0.15, -0.1) is 0 Å². The fourth-order valence-electron chi connectivity index (χ4n) is 3.99. The van der Waals surface area contributed by atoms with Crippen LogP contribution in [0.25, 0.3) is 0 Å². The Bertz CT molecular complexity index is 597. The van der Waals surface area contributed by atoms with Crippen molar-refractivity contribution in [1.29, 1.82) is 0 Å². The van der Waals surface area contributed by atoms with Gasteiger partial charge in [0.05, 0.1) is 18.6 Å². The first kappa shape index (κ1) is 19.3. The summed E-state index contributed by atoms with van der Waals surface area (Å²) < 4.78 is 11.3. The lowest BCUT2D eigenvalue weighted by atomic mass is 9.74. The summed E-state index contributed by atoms with van der Waals surface area (Å²) in [6, 6.07) is 8.25. The third kappa shape index (κ3) is 5.29. The fraction of sp³-hybridized carbons (Fsp3) is 0.667. The van der Waals surface area contributed by atoms with E-state index in [-0.39, 0.29) is 17.4 Å². The van der Waals surface area contributed by atoms with E-state index >= 15 is 0 Å². The van der Waals surface area contributed by atoms with Crippen LogP contribution >= 0.6 is 0 Å². The van der Waals surface area contributed by atoms with Crippen molar-refractivity contribution in [1.82, 2.24) is 5.32 Å². The van der Waals surface area contributed by atoms with Crippen LogP contribution in [0.4, 0.5) is 0 Å². The Morgan fingerprint density at radius 1 is 1.27 bits per heavy atom. The first-order valence-electron chi connectivity index (χ1n) is 9.88. The Labute approximate surface area is 156 Å². The molecule has 0 spiro atoms. The van der Waals surface area contributed by atoms with Crippen LogP contribution in [0.5, 0.6) is 0 Å². The monoisotopic (exact) mass is 360 g/mol. The molecule has 1 aromatic carbocycles. The van der Waals surface area contributed by atoms with Crippen LogP contribution in [-0.2, 0) is 27.4 Å². The van der Waals surface area contributed by atoms with Crippen LogP contribution in [0.3, 0.4) is 0 Å². The first-order valence-corrected chi connectivity index (χ1v) is 9.88. The highest BCUT2D eigenvalue weighted by molar-refractivity contribution is 5.80. The maximum absolute atomic E-state index is 12.6. The minimum atomic E-state index is -0.387. The summed E-state index contributed by atoms with van der Waals surface area (Å²) in [5.74, 6) is -0.00477. The second-order valence-electron chi connectivity index (χ2n) is 7.96. The highest BCUT2D eigenvalue weighted by Gasteiger charge is 2.37. The molecular weight excluding hydrogens is 328 g/mol. The van der Waals surface area contributed by atoms with E-state index in [1.165, 1.54) is 0 Å².